The van der Waals surface area contributed by atoms with Crippen LogP contribution in [0.3, 0.4) is 0 Å². The lowest BCUT2D eigenvalue weighted by atomic mass is 10.2. The molecule has 0 bridgehead atoms. The van der Waals surface area contributed by atoms with Crippen molar-refractivity contribution in [3.05, 3.63) is 29.6 Å². The Morgan fingerprint density at radius 1 is 1.26 bits per heavy atom. The van der Waals surface area contributed by atoms with Crippen molar-refractivity contribution >= 4 is 17.5 Å². The zero-order valence-electron chi connectivity index (χ0n) is 12.2. The van der Waals surface area contributed by atoms with Gasteiger partial charge in [0.15, 0.2) is 0 Å². The summed E-state index contributed by atoms with van der Waals surface area (Å²) in [6.45, 7) is 1.62. The number of anilines is 1. The molecule has 2 amide bonds. The van der Waals surface area contributed by atoms with Crippen LogP contribution in [0.1, 0.15) is 25.3 Å². The molecule has 0 saturated heterocycles. The second-order valence-electron chi connectivity index (χ2n) is 4.80. The number of aliphatic hydroxyl groups is 1. The Hall–Kier alpha value is -2.16. The van der Waals surface area contributed by atoms with E-state index in [0.717, 1.165) is 0 Å². The van der Waals surface area contributed by atoms with E-state index in [1.54, 1.807) is 5.32 Å². The number of amides is 2. The molecular weight excluding hydrogens is 320 g/mol. The van der Waals surface area contributed by atoms with Gasteiger partial charge in [-0.1, -0.05) is 13.3 Å². The summed E-state index contributed by atoms with van der Waals surface area (Å²) >= 11 is 0. The molecule has 0 fully saturated rings. The molecule has 0 spiro atoms. The SMILES string of the molecule is CCCC(O)CNC(=O)C(=O)Nc1cc(C(F)(F)F)ccc1F. The zero-order valence-corrected chi connectivity index (χ0v) is 12.2. The number of hydrogen-bond acceptors (Lipinski definition) is 3. The summed E-state index contributed by atoms with van der Waals surface area (Å²) in [5, 5.41) is 13.3. The van der Waals surface area contributed by atoms with Crippen molar-refractivity contribution in [1.82, 2.24) is 5.32 Å². The molecule has 0 radical (unpaired) electrons. The number of halogens is 4. The standard InChI is InChI=1S/C14H16F4N2O3/c1-2-3-9(21)7-19-12(22)13(23)20-11-6-8(14(16,17)18)4-5-10(11)15/h4-6,9,21H,2-3,7H2,1H3,(H,19,22)(H,20,23). The van der Waals surface area contributed by atoms with E-state index in [9.17, 15) is 32.3 Å². The molecule has 1 aromatic rings. The van der Waals surface area contributed by atoms with Crippen molar-refractivity contribution in [3.8, 4) is 0 Å². The van der Waals surface area contributed by atoms with Gasteiger partial charge in [-0.25, -0.2) is 4.39 Å². The third-order valence-electron chi connectivity index (χ3n) is 2.87. The van der Waals surface area contributed by atoms with E-state index in [-0.39, 0.29) is 6.54 Å². The maximum atomic E-state index is 13.4. The van der Waals surface area contributed by atoms with Crippen LogP contribution >= 0.6 is 0 Å². The van der Waals surface area contributed by atoms with E-state index >= 15 is 0 Å². The normalized spacial score (nSPS) is 12.6. The first-order chi connectivity index (χ1) is 10.6. The van der Waals surface area contributed by atoms with E-state index in [1.807, 2.05) is 6.92 Å². The molecule has 3 N–H and O–H groups in total. The summed E-state index contributed by atoms with van der Waals surface area (Å²) in [6.07, 6.45) is -4.48. The minimum absolute atomic E-state index is 0.189. The van der Waals surface area contributed by atoms with Gasteiger partial charge in [0.05, 0.1) is 17.4 Å². The number of carbonyl (C=O) groups is 2. The van der Waals surface area contributed by atoms with E-state index in [2.05, 4.69) is 5.32 Å². The lowest BCUT2D eigenvalue weighted by Gasteiger charge is -2.12. The van der Waals surface area contributed by atoms with Gasteiger partial charge in [0.2, 0.25) is 0 Å². The van der Waals surface area contributed by atoms with Crippen LogP contribution in [0.5, 0.6) is 0 Å². The Morgan fingerprint density at radius 2 is 1.91 bits per heavy atom. The summed E-state index contributed by atoms with van der Waals surface area (Å²) in [7, 11) is 0. The number of carbonyl (C=O) groups excluding carboxylic acids is 2. The fourth-order valence-electron chi connectivity index (χ4n) is 1.70. The van der Waals surface area contributed by atoms with Gasteiger partial charge in [0.1, 0.15) is 5.82 Å². The van der Waals surface area contributed by atoms with Crippen LogP contribution in [0.4, 0.5) is 23.2 Å². The van der Waals surface area contributed by atoms with Crippen LogP contribution < -0.4 is 10.6 Å². The van der Waals surface area contributed by atoms with Crippen molar-refractivity contribution < 1.29 is 32.3 Å². The molecule has 0 heterocycles. The Bertz CT molecular complexity index is 576. The Labute approximate surface area is 129 Å². The van der Waals surface area contributed by atoms with Gasteiger partial charge in [0.25, 0.3) is 0 Å². The number of rotatable bonds is 5. The molecule has 9 heteroatoms. The van der Waals surface area contributed by atoms with Crippen LogP contribution in [0.25, 0.3) is 0 Å². The predicted octanol–water partition coefficient (Wildman–Crippen LogP) is 2.06. The molecule has 1 aromatic carbocycles. The molecule has 0 aliphatic rings. The van der Waals surface area contributed by atoms with E-state index in [4.69, 9.17) is 0 Å². The molecule has 128 valence electrons. The van der Waals surface area contributed by atoms with Crippen LogP contribution in [0.2, 0.25) is 0 Å². The summed E-state index contributed by atoms with van der Waals surface area (Å²) in [6, 6.07) is 1.46. The quantitative estimate of drug-likeness (QED) is 0.569. The Balaban J connectivity index is 2.71. The first-order valence-electron chi connectivity index (χ1n) is 6.79. The first kappa shape index (κ1) is 18.9. The van der Waals surface area contributed by atoms with Gasteiger partial charge in [-0.05, 0) is 24.6 Å². The average Bonchev–Trinajstić information content (AvgIpc) is 2.46. The second-order valence-corrected chi connectivity index (χ2v) is 4.80. The summed E-state index contributed by atoms with van der Waals surface area (Å²) in [5.74, 6) is -3.62. The van der Waals surface area contributed by atoms with E-state index in [0.29, 0.717) is 31.0 Å². The summed E-state index contributed by atoms with van der Waals surface area (Å²) in [4.78, 5) is 23.0. The fourth-order valence-corrected chi connectivity index (χ4v) is 1.70. The number of benzene rings is 1. The largest absolute Gasteiger partial charge is 0.416 e. The monoisotopic (exact) mass is 336 g/mol. The van der Waals surface area contributed by atoms with Crippen molar-refractivity contribution in [2.24, 2.45) is 0 Å². The highest BCUT2D eigenvalue weighted by Gasteiger charge is 2.31. The molecule has 0 saturated carbocycles. The van der Waals surface area contributed by atoms with Gasteiger partial charge in [-0.2, -0.15) is 13.2 Å². The lowest BCUT2D eigenvalue weighted by molar-refractivity contribution is -0.137. The van der Waals surface area contributed by atoms with Gasteiger partial charge < -0.3 is 15.7 Å². The molecule has 1 atom stereocenters. The Kier molecular flexibility index (Phi) is 6.49. The topological polar surface area (TPSA) is 78.4 Å². The van der Waals surface area contributed by atoms with E-state index < -0.39 is 41.2 Å². The second kappa shape index (κ2) is 7.91. The van der Waals surface area contributed by atoms with Gasteiger partial charge >= 0.3 is 18.0 Å². The molecule has 5 nitrogen and oxygen atoms in total. The maximum absolute atomic E-state index is 13.4. The highest BCUT2D eigenvalue weighted by Crippen LogP contribution is 2.31. The van der Waals surface area contributed by atoms with Crippen molar-refractivity contribution in [2.45, 2.75) is 32.0 Å². The third kappa shape index (κ3) is 5.85. The fraction of sp³-hybridized carbons (Fsp3) is 0.429. The van der Waals surface area contributed by atoms with Crippen molar-refractivity contribution in [3.63, 3.8) is 0 Å². The van der Waals surface area contributed by atoms with Crippen LogP contribution in [0, 0.1) is 5.82 Å². The lowest BCUT2D eigenvalue weighted by Crippen LogP contribution is -2.39. The smallest absolute Gasteiger partial charge is 0.391 e. The molecule has 1 unspecified atom stereocenters. The highest BCUT2D eigenvalue weighted by atomic mass is 19.4. The first-order valence-corrected chi connectivity index (χ1v) is 6.79. The third-order valence-corrected chi connectivity index (χ3v) is 2.87. The number of alkyl halides is 3. The molecule has 0 aliphatic heterocycles. The Morgan fingerprint density at radius 3 is 2.48 bits per heavy atom. The van der Waals surface area contributed by atoms with Gasteiger partial charge in [0, 0.05) is 6.54 Å². The van der Waals surface area contributed by atoms with Crippen LogP contribution in [-0.2, 0) is 15.8 Å². The van der Waals surface area contributed by atoms with Crippen LogP contribution in [-0.4, -0.2) is 29.6 Å². The molecule has 0 aromatic heterocycles. The minimum atomic E-state index is -4.71. The molecular formula is C14H16F4N2O3. The van der Waals surface area contributed by atoms with Crippen molar-refractivity contribution in [2.75, 3.05) is 11.9 Å². The molecule has 0 aliphatic carbocycles. The predicted molar refractivity (Wildman–Crippen MR) is 74.0 cm³/mol. The zero-order chi connectivity index (χ0) is 17.6. The number of aliphatic hydroxyl groups excluding tert-OH is 1. The van der Waals surface area contributed by atoms with Crippen LogP contribution in [0.15, 0.2) is 18.2 Å². The number of hydrogen-bond donors (Lipinski definition) is 3. The van der Waals surface area contributed by atoms with Gasteiger partial charge in [-0.3, -0.25) is 9.59 Å². The van der Waals surface area contributed by atoms with E-state index in [1.165, 1.54) is 0 Å². The summed E-state index contributed by atoms with van der Waals surface area (Å²) < 4.78 is 51.0. The number of nitrogens with one attached hydrogen (secondary N) is 2. The average molecular weight is 336 g/mol. The summed E-state index contributed by atoms with van der Waals surface area (Å²) in [5.41, 5.74) is -1.91. The maximum Gasteiger partial charge on any atom is 0.416 e. The minimum Gasteiger partial charge on any atom is -0.391 e. The molecule has 1 rings (SSSR count). The van der Waals surface area contributed by atoms with Gasteiger partial charge in [-0.15, -0.1) is 0 Å². The molecule has 23 heavy (non-hydrogen) atoms. The van der Waals surface area contributed by atoms with Crippen molar-refractivity contribution in [1.29, 1.82) is 0 Å². The highest BCUT2D eigenvalue weighted by molar-refractivity contribution is 6.39.